The molecule has 3 heterocycles. The van der Waals surface area contributed by atoms with E-state index in [0.29, 0.717) is 16.7 Å². The summed E-state index contributed by atoms with van der Waals surface area (Å²) in [5.74, 6) is 7.80. The molecule has 0 radical (unpaired) electrons. The molecule has 0 fully saturated rings. The van der Waals surface area contributed by atoms with Crippen molar-refractivity contribution in [2.75, 3.05) is 5.84 Å². The van der Waals surface area contributed by atoms with Gasteiger partial charge in [0.05, 0.1) is 17.0 Å². The van der Waals surface area contributed by atoms with Crippen LogP contribution in [0.4, 0.5) is 0 Å². The van der Waals surface area contributed by atoms with Gasteiger partial charge in [0.15, 0.2) is 5.76 Å². The monoisotopic (exact) mass is 293 g/mol. The smallest absolute Gasteiger partial charge is 0.218 e. The van der Waals surface area contributed by atoms with Gasteiger partial charge in [-0.15, -0.1) is 21.5 Å². The van der Waals surface area contributed by atoms with Crippen LogP contribution in [0.2, 0.25) is 0 Å². The Balaban J connectivity index is 1.75. The van der Waals surface area contributed by atoms with Crippen molar-refractivity contribution in [1.82, 2.24) is 19.9 Å². The summed E-state index contributed by atoms with van der Waals surface area (Å²) in [6, 6.07) is 3.58. The zero-order chi connectivity index (χ0) is 13.2. The zero-order valence-corrected chi connectivity index (χ0v) is 11.7. The zero-order valence-electron chi connectivity index (χ0n) is 10.1. The highest BCUT2D eigenvalue weighted by Gasteiger charge is 2.14. The van der Waals surface area contributed by atoms with E-state index < -0.39 is 0 Å². The van der Waals surface area contributed by atoms with Crippen LogP contribution in [0.25, 0.3) is 11.6 Å². The standard InChI is InChI=1S/C11H11N5OS2/c1-7-13-8(5-18-7)6-19-11-15-14-10(16(11)12)9-3-2-4-17-9/h2-5H,6,12H2,1H3. The molecule has 0 bridgehead atoms. The fraction of sp³-hybridized carbons (Fsp3) is 0.182. The molecule has 19 heavy (non-hydrogen) atoms. The van der Waals surface area contributed by atoms with Crippen LogP contribution >= 0.6 is 23.1 Å². The number of rotatable bonds is 4. The van der Waals surface area contributed by atoms with Crippen molar-refractivity contribution in [2.45, 2.75) is 17.8 Å². The van der Waals surface area contributed by atoms with Crippen LogP contribution in [0, 0.1) is 6.92 Å². The Bertz CT molecular complexity index is 673. The first-order valence-corrected chi connectivity index (χ1v) is 7.39. The van der Waals surface area contributed by atoms with Gasteiger partial charge in [0, 0.05) is 11.1 Å². The first kappa shape index (κ1) is 12.2. The fourth-order valence-corrected chi connectivity index (χ4v) is 3.03. The summed E-state index contributed by atoms with van der Waals surface area (Å²) in [5, 5.41) is 11.8. The molecule has 0 atom stereocenters. The molecule has 0 aliphatic rings. The molecule has 3 aromatic heterocycles. The third kappa shape index (κ3) is 2.49. The van der Waals surface area contributed by atoms with Crippen LogP contribution in [0.15, 0.2) is 33.3 Å². The topological polar surface area (TPSA) is 82.8 Å². The van der Waals surface area contributed by atoms with Crippen LogP contribution in [-0.4, -0.2) is 19.9 Å². The van der Waals surface area contributed by atoms with Gasteiger partial charge in [-0.3, -0.25) is 0 Å². The maximum Gasteiger partial charge on any atom is 0.218 e. The number of furan rings is 1. The lowest BCUT2D eigenvalue weighted by Gasteiger charge is -2.00. The Morgan fingerprint density at radius 1 is 1.47 bits per heavy atom. The summed E-state index contributed by atoms with van der Waals surface area (Å²) in [7, 11) is 0. The summed E-state index contributed by atoms with van der Waals surface area (Å²) >= 11 is 3.13. The van der Waals surface area contributed by atoms with Crippen LogP contribution in [0.1, 0.15) is 10.7 Å². The molecular formula is C11H11N5OS2. The Morgan fingerprint density at radius 2 is 2.37 bits per heavy atom. The van der Waals surface area contributed by atoms with Gasteiger partial charge in [-0.25, -0.2) is 9.66 Å². The number of nitrogens with two attached hydrogens (primary N) is 1. The van der Waals surface area contributed by atoms with Crippen LogP contribution in [0.3, 0.4) is 0 Å². The van der Waals surface area contributed by atoms with Gasteiger partial charge >= 0.3 is 0 Å². The number of thiazole rings is 1. The Hall–Kier alpha value is -1.80. The van der Waals surface area contributed by atoms with Gasteiger partial charge in [-0.2, -0.15) is 0 Å². The molecule has 0 amide bonds. The predicted molar refractivity (Wildman–Crippen MR) is 74.3 cm³/mol. The van der Waals surface area contributed by atoms with Gasteiger partial charge in [0.25, 0.3) is 0 Å². The number of hydrogen-bond donors (Lipinski definition) is 1. The van der Waals surface area contributed by atoms with E-state index >= 15 is 0 Å². The average Bonchev–Trinajstić information content (AvgIpc) is 3.09. The van der Waals surface area contributed by atoms with Crippen molar-refractivity contribution in [2.24, 2.45) is 0 Å². The molecule has 8 heteroatoms. The van der Waals surface area contributed by atoms with E-state index in [1.165, 1.54) is 16.4 Å². The Morgan fingerprint density at radius 3 is 3.05 bits per heavy atom. The SMILES string of the molecule is Cc1nc(CSc2nnc(-c3ccco3)n2N)cs1. The first-order chi connectivity index (χ1) is 9.24. The molecule has 6 nitrogen and oxygen atoms in total. The van der Waals surface area contributed by atoms with Crippen molar-refractivity contribution in [3.8, 4) is 11.6 Å². The molecule has 0 saturated carbocycles. The first-order valence-electron chi connectivity index (χ1n) is 5.52. The number of thioether (sulfide) groups is 1. The molecule has 98 valence electrons. The van der Waals surface area contributed by atoms with Gasteiger partial charge in [-0.05, 0) is 19.1 Å². The van der Waals surface area contributed by atoms with E-state index in [0.717, 1.165) is 16.5 Å². The molecule has 0 unspecified atom stereocenters. The van der Waals surface area contributed by atoms with Gasteiger partial charge in [-0.1, -0.05) is 11.8 Å². The minimum absolute atomic E-state index is 0.516. The lowest BCUT2D eigenvalue weighted by Crippen LogP contribution is -2.11. The lowest BCUT2D eigenvalue weighted by atomic mass is 10.4. The van der Waals surface area contributed by atoms with E-state index in [1.54, 1.807) is 29.7 Å². The second kappa shape index (κ2) is 5.06. The van der Waals surface area contributed by atoms with Gasteiger partial charge in [0.2, 0.25) is 11.0 Å². The maximum atomic E-state index is 5.96. The maximum absolute atomic E-state index is 5.96. The average molecular weight is 293 g/mol. The van der Waals surface area contributed by atoms with Gasteiger partial charge < -0.3 is 10.3 Å². The normalized spacial score (nSPS) is 11.0. The Labute approximate surface area is 117 Å². The van der Waals surface area contributed by atoms with Crippen molar-refractivity contribution >= 4 is 23.1 Å². The molecule has 0 aliphatic heterocycles. The van der Waals surface area contributed by atoms with E-state index in [4.69, 9.17) is 10.3 Å². The van der Waals surface area contributed by atoms with E-state index in [2.05, 4.69) is 15.2 Å². The highest BCUT2D eigenvalue weighted by Crippen LogP contribution is 2.24. The number of aryl methyl sites for hydroxylation is 1. The molecule has 2 N–H and O–H groups in total. The summed E-state index contributed by atoms with van der Waals surface area (Å²) in [6.07, 6.45) is 1.58. The van der Waals surface area contributed by atoms with Crippen molar-refractivity contribution < 1.29 is 4.42 Å². The van der Waals surface area contributed by atoms with Crippen LogP contribution in [-0.2, 0) is 5.75 Å². The largest absolute Gasteiger partial charge is 0.461 e. The number of nitrogens with zero attached hydrogens (tertiary/aromatic N) is 4. The predicted octanol–water partition coefficient (Wildman–Crippen LogP) is 2.31. The summed E-state index contributed by atoms with van der Waals surface area (Å²) in [6.45, 7) is 1.99. The molecule has 3 aromatic rings. The summed E-state index contributed by atoms with van der Waals surface area (Å²) < 4.78 is 6.69. The molecule has 3 rings (SSSR count). The van der Waals surface area contributed by atoms with Crippen molar-refractivity contribution in [3.05, 3.63) is 34.5 Å². The van der Waals surface area contributed by atoms with E-state index in [1.807, 2.05) is 12.3 Å². The minimum Gasteiger partial charge on any atom is -0.461 e. The molecule has 0 aromatic carbocycles. The minimum atomic E-state index is 0.516. The quantitative estimate of drug-likeness (QED) is 0.587. The number of aromatic nitrogens is 4. The number of hydrogen-bond acceptors (Lipinski definition) is 7. The molecule has 0 aliphatic carbocycles. The molecule has 0 saturated heterocycles. The second-order valence-corrected chi connectivity index (χ2v) is 5.80. The van der Waals surface area contributed by atoms with Crippen molar-refractivity contribution in [3.63, 3.8) is 0 Å². The number of nitrogen functional groups attached to an aromatic ring is 1. The summed E-state index contributed by atoms with van der Waals surface area (Å²) in [5.41, 5.74) is 1.02. The molecular weight excluding hydrogens is 282 g/mol. The third-order valence-corrected chi connectivity index (χ3v) is 4.22. The van der Waals surface area contributed by atoms with E-state index in [-0.39, 0.29) is 0 Å². The van der Waals surface area contributed by atoms with E-state index in [9.17, 15) is 0 Å². The second-order valence-electron chi connectivity index (χ2n) is 3.80. The Kier molecular flexibility index (Phi) is 3.26. The highest BCUT2D eigenvalue weighted by molar-refractivity contribution is 7.98. The third-order valence-electron chi connectivity index (χ3n) is 2.42. The van der Waals surface area contributed by atoms with Gasteiger partial charge in [0.1, 0.15) is 0 Å². The fourth-order valence-electron chi connectivity index (χ4n) is 1.56. The highest BCUT2D eigenvalue weighted by atomic mass is 32.2. The van der Waals surface area contributed by atoms with Crippen LogP contribution in [0.5, 0.6) is 0 Å². The van der Waals surface area contributed by atoms with Crippen LogP contribution < -0.4 is 5.84 Å². The molecule has 0 spiro atoms. The summed E-state index contributed by atoms with van der Waals surface area (Å²) in [4.78, 5) is 4.39. The van der Waals surface area contributed by atoms with Crippen molar-refractivity contribution in [1.29, 1.82) is 0 Å². The lowest BCUT2D eigenvalue weighted by molar-refractivity contribution is 0.574.